The van der Waals surface area contributed by atoms with Gasteiger partial charge in [0.15, 0.2) is 0 Å². The van der Waals surface area contributed by atoms with Crippen LogP contribution in [0.1, 0.15) is 23.6 Å². The summed E-state index contributed by atoms with van der Waals surface area (Å²) < 4.78 is 40.0. The fourth-order valence-electron chi connectivity index (χ4n) is 4.37. The van der Waals surface area contributed by atoms with Gasteiger partial charge in [-0.05, 0) is 48.4 Å². The fourth-order valence-corrected chi connectivity index (χ4v) is 5.85. The molecule has 4 rings (SSSR count). The van der Waals surface area contributed by atoms with Crippen molar-refractivity contribution in [1.29, 1.82) is 0 Å². The van der Waals surface area contributed by atoms with Crippen molar-refractivity contribution in [2.24, 2.45) is 0 Å². The smallest absolute Gasteiger partial charge is 0.243 e. The van der Waals surface area contributed by atoms with Gasteiger partial charge in [0.05, 0.1) is 24.8 Å². The second-order valence-corrected chi connectivity index (χ2v) is 11.4. The number of sulfonamides is 1. The molecule has 0 saturated carbocycles. The lowest BCUT2D eigenvalue weighted by Crippen LogP contribution is -2.31. The third-order valence-corrected chi connectivity index (χ3v) is 8.53. The molecule has 212 valence electrons. The van der Waals surface area contributed by atoms with Crippen LogP contribution >= 0.6 is 0 Å². The standard InChI is InChI=1S/C33H35N3O4S/c1-5-32(20-11-25(2)21-29-22-34-35-33(29)28-9-7-6-8-10-28)41(37,38)36(23-26-12-16-30(39-3)17-13-26)24-27-14-18-31(40-4)19-15-27/h5-20,22H,2,21,23-24H2,1,3-4H3,(H,34,35)/b20-11-,32-5+. The van der Waals surface area contributed by atoms with E-state index in [1.807, 2.05) is 85.1 Å². The van der Waals surface area contributed by atoms with Gasteiger partial charge in [-0.2, -0.15) is 9.40 Å². The minimum atomic E-state index is -3.86. The normalized spacial score (nSPS) is 12.1. The average Bonchev–Trinajstić information content (AvgIpc) is 3.46. The van der Waals surface area contributed by atoms with E-state index in [-0.39, 0.29) is 18.0 Å². The van der Waals surface area contributed by atoms with E-state index < -0.39 is 10.0 Å². The summed E-state index contributed by atoms with van der Waals surface area (Å²) in [6.45, 7) is 6.29. The number of ether oxygens (including phenoxy) is 2. The zero-order chi connectivity index (χ0) is 29.2. The van der Waals surface area contributed by atoms with Crippen molar-refractivity contribution in [3.63, 3.8) is 0 Å². The van der Waals surface area contributed by atoms with Crippen LogP contribution in [0.15, 0.2) is 120 Å². The molecule has 0 fully saturated rings. The largest absolute Gasteiger partial charge is 0.497 e. The number of hydrogen-bond donors (Lipinski definition) is 1. The van der Waals surface area contributed by atoms with E-state index >= 15 is 0 Å². The zero-order valence-electron chi connectivity index (χ0n) is 23.6. The monoisotopic (exact) mass is 569 g/mol. The molecule has 0 aliphatic heterocycles. The summed E-state index contributed by atoms with van der Waals surface area (Å²) in [6, 6.07) is 24.7. The van der Waals surface area contributed by atoms with Crippen molar-refractivity contribution in [3.8, 4) is 22.8 Å². The first kappa shape index (κ1) is 29.6. The lowest BCUT2D eigenvalue weighted by atomic mass is 10.0. The first-order chi connectivity index (χ1) is 19.8. The Hall–Kier alpha value is -4.40. The van der Waals surface area contributed by atoms with Gasteiger partial charge in [-0.3, -0.25) is 5.10 Å². The Morgan fingerprint density at radius 1 is 0.878 bits per heavy atom. The summed E-state index contributed by atoms with van der Waals surface area (Å²) in [5.41, 5.74) is 5.29. The van der Waals surface area contributed by atoms with E-state index in [2.05, 4.69) is 16.8 Å². The number of methoxy groups -OCH3 is 2. The quantitative estimate of drug-likeness (QED) is 0.182. The van der Waals surface area contributed by atoms with E-state index in [4.69, 9.17) is 9.47 Å². The van der Waals surface area contributed by atoms with E-state index in [9.17, 15) is 8.42 Å². The summed E-state index contributed by atoms with van der Waals surface area (Å²) >= 11 is 0. The highest BCUT2D eigenvalue weighted by atomic mass is 32.2. The molecule has 7 nitrogen and oxygen atoms in total. The van der Waals surface area contributed by atoms with Crippen LogP contribution in [-0.4, -0.2) is 37.1 Å². The molecule has 0 amide bonds. The second-order valence-electron chi connectivity index (χ2n) is 9.45. The van der Waals surface area contributed by atoms with Gasteiger partial charge in [-0.1, -0.05) is 78.9 Å². The number of hydrogen-bond acceptors (Lipinski definition) is 5. The van der Waals surface area contributed by atoms with Crippen molar-refractivity contribution >= 4 is 10.0 Å². The molecule has 0 aliphatic rings. The summed E-state index contributed by atoms with van der Waals surface area (Å²) in [5.74, 6) is 1.42. The van der Waals surface area contributed by atoms with Crippen LogP contribution in [0.5, 0.6) is 11.5 Å². The Balaban J connectivity index is 1.56. The lowest BCUT2D eigenvalue weighted by molar-refractivity contribution is 0.401. The number of rotatable bonds is 13. The molecule has 0 spiro atoms. The van der Waals surface area contributed by atoms with Crippen LogP contribution in [0.2, 0.25) is 0 Å². The molecule has 3 aromatic carbocycles. The number of benzene rings is 3. The van der Waals surface area contributed by atoms with Crippen LogP contribution in [0, 0.1) is 0 Å². The SMILES string of the molecule is C=C(/C=C\C(=C/C)S(=O)(=O)N(Cc1ccc(OC)cc1)Cc1ccc(OC)cc1)Cc1c[nH]nc1-c1ccccc1. The van der Waals surface area contributed by atoms with Crippen LogP contribution in [0.4, 0.5) is 0 Å². The molecule has 0 unspecified atom stereocenters. The Labute approximate surface area is 242 Å². The van der Waals surface area contributed by atoms with Crippen LogP contribution < -0.4 is 9.47 Å². The topological polar surface area (TPSA) is 84.5 Å². The summed E-state index contributed by atoms with van der Waals surface area (Å²) in [6.07, 6.45) is 7.36. The molecular formula is C33H35N3O4S. The molecule has 0 saturated heterocycles. The van der Waals surface area contributed by atoms with Crippen molar-refractivity contribution < 1.29 is 17.9 Å². The van der Waals surface area contributed by atoms with E-state index in [1.165, 1.54) is 4.31 Å². The maximum absolute atomic E-state index is 14.0. The van der Waals surface area contributed by atoms with Crippen LogP contribution in [-0.2, 0) is 29.5 Å². The Bertz CT molecular complexity index is 1560. The highest BCUT2D eigenvalue weighted by Crippen LogP contribution is 2.25. The molecule has 0 bridgehead atoms. The van der Waals surface area contributed by atoms with E-state index in [0.29, 0.717) is 17.9 Å². The predicted molar refractivity (Wildman–Crippen MR) is 164 cm³/mol. The van der Waals surface area contributed by atoms with Crippen molar-refractivity contribution in [2.45, 2.75) is 26.4 Å². The minimum absolute atomic E-state index is 0.191. The summed E-state index contributed by atoms with van der Waals surface area (Å²) in [4.78, 5) is 0.191. The molecule has 0 aliphatic carbocycles. The zero-order valence-corrected chi connectivity index (χ0v) is 24.4. The van der Waals surface area contributed by atoms with E-state index in [0.717, 1.165) is 33.5 Å². The molecule has 0 atom stereocenters. The molecule has 4 aromatic rings. The molecule has 8 heteroatoms. The van der Waals surface area contributed by atoms with Gasteiger partial charge < -0.3 is 9.47 Å². The predicted octanol–water partition coefficient (Wildman–Crippen LogP) is 6.68. The molecule has 1 N–H and O–H groups in total. The number of nitrogens with one attached hydrogen (secondary N) is 1. The number of allylic oxidation sites excluding steroid dienone is 4. The summed E-state index contributed by atoms with van der Waals surface area (Å²) in [5, 5.41) is 7.33. The Morgan fingerprint density at radius 2 is 1.44 bits per heavy atom. The van der Waals surface area contributed by atoms with Crippen molar-refractivity contribution in [3.05, 3.63) is 137 Å². The number of H-pyrrole nitrogens is 1. The number of aromatic amines is 1. The summed E-state index contributed by atoms with van der Waals surface area (Å²) in [7, 11) is -0.664. The van der Waals surface area contributed by atoms with Crippen molar-refractivity contribution in [1.82, 2.24) is 14.5 Å². The van der Waals surface area contributed by atoms with Crippen molar-refractivity contribution in [2.75, 3.05) is 14.2 Å². The molecule has 1 aromatic heterocycles. The maximum atomic E-state index is 14.0. The number of aromatic nitrogens is 2. The third kappa shape index (κ3) is 7.63. The molecule has 41 heavy (non-hydrogen) atoms. The van der Waals surface area contributed by atoms with Gasteiger partial charge in [0, 0.05) is 36.8 Å². The minimum Gasteiger partial charge on any atom is -0.497 e. The van der Waals surface area contributed by atoms with E-state index in [1.54, 1.807) is 39.4 Å². The fraction of sp³-hybridized carbons (Fsp3) is 0.182. The first-order valence-electron chi connectivity index (χ1n) is 13.2. The van der Waals surface area contributed by atoms with Crippen LogP contribution in [0.3, 0.4) is 0 Å². The lowest BCUT2D eigenvalue weighted by Gasteiger charge is -2.23. The van der Waals surface area contributed by atoms with Gasteiger partial charge >= 0.3 is 0 Å². The molecular weight excluding hydrogens is 534 g/mol. The first-order valence-corrected chi connectivity index (χ1v) is 14.6. The highest BCUT2D eigenvalue weighted by Gasteiger charge is 2.26. The van der Waals surface area contributed by atoms with Gasteiger partial charge in [0.2, 0.25) is 10.0 Å². The second kappa shape index (κ2) is 13.8. The van der Waals surface area contributed by atoms with Gasteiger partial charge in [0.25, 0.3) is 0 Å². The van der Waals surface area contributed by atoms with Gasteiger partial charge in [-0.25, -0.2) is 8.42 Å². The molecule has 1 heterocycles. The molecule has 0 radical (unpaired) electrons. The van der Waals surface area contributed by atoms with Crippen LogP contribution in [0.25, 0.3) is 11.3 Å². The van der Waals surface area contributed by atoms with Gasteiger partial charge in [-0.15, -0.1) is 0 Å². The third-order valence-electron chi connectivity index (χ3n) is 6.63. The highest BCUT2D eigenvalue weighted by molar-refractivity contribution is 7.93. The number of nitrogens with zero attached hydrogens (tertiary/aromatic N) is 2. The Morgan fingerprint density at radius 3 is 1.95 bits per heavy atom. The Kier molecular flexibility index (Phi) is 9.95. The van der Waals surface area contributed by atoms with Gasteiger partial charge in [0.1, 0.15) is 11.5 Å². The maximum Gasteiger partial charge on any atom is 0.243 e. The average molecular weight is 570 g/mol.